The third-order valence-electron chi connectivity index (χ3n) is 7.52. The highest BCUT2D eigenvalue weighted by molar-refractivity contribution is 8.01. The van der Waals surface area contributed by atoms with Crippen molar-refractivity contribution in [3.63, 3.8) is 0 Å². The van der Waals surface area contributed by atoms with Crippen molar-refractivity contribution in [3.8, 4) is 0 Å². The van der Waals surface area contributed by atoms with Crippen molar-refractivity contribution in [2.24, 2.45) is 7.05 Å². The molecular formula is C26H28N10O8S2. The minimum absolute atomic E-state index is 0.103. The van der Waals surface area contributed by atoms with E-state index in [0.717, 1.165) is 16.7 Å². The molecule has 242 valence electrons. The summed E-state index contributed by atoms with van der Waals surface area (Å²) in [5.74, 6) is -4.88. The number of benzene rings is 1. The molecule has 5 rings (SSSR count). The fraction of sp³-hybridized carbons (Fsp3) is 0.385. The van der Waals surface area contributed by atoms with E-state index in [9.17, 15) is 38.7 Å². The second-order valence-corrected chi connectivity index (χ2v) is 12.2. The summed E-state index contributed by atoms with van der Waals surface area (Å²) in [6.45, 7) is 1.99. The number of nitrogens with one attached hydrogen (secondary N) is 3. The van der Waals surface area contributed by atoms with Crippen LogP contribution in [0.15, 0.2) is 46.8 Å². The molecule has 0 bridgehead atoms. The van der Waals surface area contributed by atoms with Crippen LogP contribution in [0.3, 0.4) is 0 Å². The van der Waals surface area contributed by atoms with Gasteiger partial charge in [0.25, 0.3) is 5.91 Å². The maximum absolute atomic E-state index is 13.9. The Hall–Kier alpha value is -4.98. The van der Waals surface area contributed by atoms with Crippen LogP contribution >= 0.6 is 23.5 Å². The van der Waals surface area contributed by atoms with Gasteiger partial charge in [-0.05, 0) is 28.5 Å². The molecule has 3 aliphatic rings. The summed E-state index contributed by atoms with van der Waals surface area (Å²) >= 11 is 2.29. The lowest BCUT2D eigenvalue weighted by atomic mass is 9.94. The molecule has 4 N–H and O–H groups in total. The third-order valence-corrected chi connectivity index (χ3v) is 10.0. The predicted octanol–water partition coefficient (Wildman–Crippen LogP) is -1.74. The summed E-state index contributed by atoms with van der Waals surface area (Å²) in [5.41, 5.74) is -1.69. The molecule has 1 aromatic heterocycles. The zero-order chi connectivity index (χ0) is 33.2. The van der Waals surface area contributed by atoms with Gasteiger partial charge in [-0.1, -0.05) is 42.1 Å². The lowest BCUT2D eigenvalue weighted by Crippen LogP contribution is -2.85. The minimum atomic E-state index is -2.06. The number of aliphatic carboxylic acids is 1. The minimum Gasteiger partial charge on any atom is -0.477 e. The van der Waals surface area contributed by atoms with Crippen LogP contribution in [-0.2, 0) is 35.8 Å². The van der Waals surface area contributed by atoms with Gasteiger partial charge in [-0.25, -0.2) is 14.3 Å². The topological polar surface area (TPSA) is 229 Å². The number of aromatic nitrogens is 4. The Bertz CT molecular complexity index is 1630. The monoisotopic (exact) mass is 672 g/mol. The molecule has 0 aliphatic carbocycles. The second kappa shape index (κ2) is 13.2. The van der Waals surface area contributed by atoms with Gasteiger partial charge in [-0.3, -0.25) is 33.8 Å². The maximum atomic E-state index is 13.9. The first-order valence-corrected chi connectivity index (χ1v) is 15.8. The van der Waals surface area contributed by atoms with E-state index in [0.29, 0.717) is 15.6 Å². The number of β-lactam (4-membered cyclic amide) rings is 1. The molecule has 20 heteroatoms. The van der Waals surface area contributed by atoms with Crippen LogP contribution in [0.4, 0.5) is 4.79 Å². The zero-order valence-electron chi connectivity index (χ0n) is 24.4. The standard InChI is InChI=1S/C26H28N10O8S2/c1-3-34-9-10-35(20(40)19(34)39)24(44)28-16(14-7-5-4-6-8-14)18(38)29-26(27-13-37)22(43)36-17(21(41)42)15(11-45-23(26)36)12-46-25-30-31-32-33(25)2/h4-8,13,16,23H,3,9-12H2,1-2H3,(H,27,37)(H,28,44)(H,29,38)(H,41,42)/t16?,23-,26-/m1/s1. The number of hydrogen-bond acceptors (Lipinski definition) is 12. The molecule has 2 aromatic rings. The maximum Gasteiger partial charge on any atom is 0.352 e. The Labute approximate surface area is 269 Å². The first kappa shape index (κ1) is 32.4. The van der Waals surface area contributed by atoms with Crippen LogP contribution in [-0.4, -0.2) is 124 Å². The van der Waals surface area contributed by atoms with E-state index in [1.165, 1.54) is 33.5 Å². The molecule has 0 spiro atoms. The van der Waals surface area contributed by atoms with Crippen LogP contribution in [0, 0.1) is 0 Å². The van der Waals surface area contributed by atoms with E-state index >= 15 is 0 Å². The lowest BCUT2D eigenvalue weighted by molar-refractivity contribution is -0.163. The van der Waals surface area contributed by atoms with Crippen molar-refractivity contribution in [1.82, 2.24) is 50.9 Å². The van der Waals surface area contributed by atoms with E-state index in [-0.39, 0.29) is 48.8 Å². The van der Waals surface area contributed by atoms with Crippen molar-refractivity contribution in [2.75, 3.05) is 31.1 Å². The number of piperazine rings is 1. The van der Waals surface area contributed by atoms with Crippen LogP contribution in [0.5, 0.6) is 0 Å². The summed E-state index contributed by atoms with van der Waals surface area (Å²) in [5, 5.41) is 27.9. The van der Waals surface area contributed by atoms with E-state index < -0.39 is 52.7 Å². The molecule has 2 fully saturated rings. The smallest absolute Gasteiger partial charge is 0.352 e. The van der Waals surface area contributed by atoms with Gasteiger partial charge in [0.15, 0.2) is 0 Å². The number of carboxylic acid groups (broad SMARTS) is 1. The summed E-state index contributed by atoms with van der Waals surface area (Å²) in [7, 11) is 1.62. The van der Waals surface area contributed by atoms with Gasteiger partial charge in [0.1, 0.15) is 17.1 Å². The van der Waals surface area contributed by atoms with Gasteiger partial charge < -0.3 is 26.0 Å². The SMILES string of the molecule is CCN1CCN(C(=O)NC(C(=O)N[C@]2(NC=O)C(=O)N3C(C(=O)O)=C(CSc4nnnn4C)CS[C@@H]32)c2ccccc2)C(=O)C1=O. The number of hydrogen-bond donors (Lipinski definition) is 4. The largest absolute Gasteiger partial charge is 0.477 e. The zero-order valence-corrected chi connectivity index (χ0v) is 26.0. The molecular weight excluding hydrogens is 644 g/mol. The first-order chi connectivity index (χ1) is 22.0. The number of fused-ring (bicyclic) bond motifs is 1. The molecule has 3 aliphatic heterocycles. The summed E-state index contributed by atoms with van der Waals surface area (Å²) in [6.07, 6.45) is 0.209. The Morgan fingerprint density at radius 3 is 2.54 bits per heavy atom. The fourth-order valence-corrected chi connectivity index (χ4v) is 7.60. The number of carbonyl (C=O) groups excluding carboxylic acids is 6. The Balaban J connectivity index is 1.39. The number of imide groups is 1. The number of carboxylic acids is 1. The van der Waals surface area contributed by atoms with Crippen LogP contribution in [0.2, 0.25) is 0 Å². The van der Waals surface area contributed by atoms with Gasteiger partial charge in [0.2, 0.25) is 23.1 Å². The molecule has 46 heavy (non-hydrogen) atoms. The number of tetrazole rings is 1. The number of nitrogens with zero attached hydrogens (tertiary/aromatic N) is 7. The summed E-state index contributed by atoms with van der Waals surface area (Å²) in [4.78, 5) is 92.9. The van der Waals surface area contributed by atoms with Crippen LogP contribution in [0.25, 0.3) is 0 Å². The number of rotatable bonds is 11. The number of likely N-dealkylation sites (N-methyl/N-ethyl adjacent to an activating group) is 1. The number of urea groups is 1. The number of thioether (sulfide) groups is 2. The quantitative estimate of drug-likeness (QED) is 0.0684. The van der Waals surface area contributed by atoms with Crippen LogP contribution < -0.4 is 16.0 Å². The Morgan fingerprint density at radius 1 is 1.17 bits per heavy atom. The van der Waals surface area contributed by atoms with Crippen molar-refractivity contribution < 1.29 is 38.7 Å². The van der Waals surface area contributed by atoms with Gasteiger partial charge in [-0.2, -0.15) is 0 Å². The molecule has 3 atom stereocenters. The lowest BCUT2D eigenvalue weighted by Gasteiger charge is -2.56. The van der Waals surface area contributed by atoms with Crippen molar-refractivity contribution in [2.45, 2.75) is 29.2 Å². The van der Waals surface area contributed by atoms with Gasteiger partial charge in [0.05, 0.1) is 0 Å². The number of amides is 7. The molecule has 2 saturated heterocycles. The van der Waals surface area contributed by atoms with Crippen molar-refractivity contribution in [1.29, 1.82) is 0 Å². The predicted molar refractivity (Wildman–Crippen MR) is 159 cm³/mol. The molecule has 7 amide bonds. The molecule has 4 heterocycles. The van der Waals surface area contributed by atoms with E-state index in [1.807, 2.05) is 0 Å². The van der Waals surface area contributed by atoms with E-state index in [4.69, 9.17) is 0 Å². The molecule has 18 nitrogen and oxygen atoms in total. The molecule has 1 unspecified atom stereocenters. The first-order valence-electron chi connectivity index (χ1n) is 13.8. The normalized spacial score (nSPS) is 21.7. The third kappa shape index (κ3) is 5.75. The van der Waals surface area contributed by atoms with E-state index in [1.54, 1.807) is 32.2 Å². The highest BCUT2D eigenvalue weighted by atomic mass is 32.2. The second-order valence-electron chi connectivity index (χ2n) is 10.2. The van der Waals surface area contributed by atoms with Crippen molar-refractivity contribution >= 4 is 65.6 Å². The van der Waals surface area contributed by atoms with Gasteiger partial charge >= 0.3 is 23.8 Å². The highest BCUT2D eigenvalue weighted by Crippen LogP contribution is 2.46. The summed E-state index contributed by atoms with van der Waals surface area (Å²) < 4.78 is 1.41. The fourth-order valence-electron chi connectivity index (χ4n) is 5.19. The Kier molecular flexibility index (Phi) is 9.28. The summed E-state index contributed by atoms with van der Waals surface area (Å²) in [6, 6.07) is 5.43. The average Bonchev–Trinajstić information content (AvgIpc) is 3.47. The van der Waals surface area contributed by atoms with Crippen LogP contribution in [0.1, 0.15) is 18.5 Å². The van der Waals surface area contributed by atoms with Gasteiger partial charge in [0, 0.05) is 38.2 Å². The van der Waals surface area contributed by atoms with Gasteiger partial charge in [-0.15, -0.1) is 16.9 Å². The average molecular weight is 673 g/mol. The molecule has 1 aromatic carbocycles. The van der Waals surface area contributed by atoms with E-state index in [2.05, 4.69) is 31.5 Å². The van der Waals surface area contributed by atoms with Crippen molar-refractivity contribution in [3.05, 3.63) is 47.2 Å². The number of carbonyl (C=O) groups is 7. The Morgan fingerprint density at radius 2 is 1.91 bits per heavy atom. The highest BCUT2D eigenvalue weighted by Gasteiger charge is 2.66. The number of aryl methyl sites for hydroxylation is 1. The molecule has 0 saturated carbocycles. The molecule has 0 radical (unpaired) electrons.